The van der Waals surface area contributed by atoms with Gasteiger partial charge in [-0.1, -0.05) is 23.7 Å². The van der Waals surface area contributed by atoms with Crippen LogP contribution in [0.25, 0.3) is 5.52 Å². The molecule has 0 bridgehead atoms. The number of aromatic nitrogens is 2. The van der Waals surface area contributed by atoms with Gasteiger partial charge in [0.15, 0.2) is 0 Å². The summed E-state index contributed by atoms with van der Waals surface area (Å²) in [5.74, 6) is 1.15. The quantitative estimate of drug-likeness (QED) is 0.313. The Morgan fingerprint density at radius 2 is 2.02 bits per heavy atom. The number of carbonyl (C=O) groups is 1. The average molecular weight is 615 g/mol. The third-order valence-electron chi connectivity index (χ3n) is 8.56. The second kappa shape index (κ2) is 13.6. The Bertz CT molecular complexity index is 1620. The molecule has 0 saturated carbocycles. The number of fused-ring (bicyclic) bond motifs is 1. The van der Waals surface area contributed by atoms with E-state index in [0.29, 0.717) is 58.6 Å². The molecular formula is C33H39ClN8O2. The first-order valence-electron chi connectivity index (χ1n) is 15.0. The third kappa shape index (κ3) is 6.95. The van der Waals surface area contributed by atoms with Crippen LogP contribution < -0.4 is 10.1 Å². The average Bonchev–Trinajstić information content (AvgIpc) is 3.67. The molecule has 0 spiro atoms. The minimum absolute atomic E-state index is 0.160. The van der Waals surface area contributed by atoms with Crippen molar-refractivity contribution in [2.75, 3.05) is 39.3 Å². The summed E-state index contributed by atoms with van der Waals surface area (Å²) in [4.78, 5) is 26.6. The van der Waals surface area contributed by atoms with Crippen LogP contribution in [0.3, 0.4) is 0 Å². The van der Waals surface area contributed by atoms with Crippen LogP contribution in [-0.4, -0.2) is 82.6 Å². The standard InChI is InChI=1S/C33H39ClN8O2/c1-23-8-7-9-28(34)30(23)32(43)39-33(3)10-14-41(15-11-33)29(36-4)21-37-24(2)27-18-26(44-17-16-40-12-5-6-13-40)22-42-31(27)25(19-35)20-38-42/h7-9,18,20-22H,4-6,10-17H2,1-3H3,(H,39,43)/b29-21+,37-24?. The van der Waals surface area contributed by atoms with Gasteiger partial charge in [-0.15, -0.1) is 0 Å². The van der Waals surface area contributed by atoms with Gasteiger partial charge < -0.3 is 15.0 Å². The number of hydrogen-bond acceptors (Lipinski definition) is 8. The molecule has 1 aromatic carbocycles. The third-order valence-corrected chi connectivity index (χ3v) is 8.88. The molecule has 10 nitrogen and oxygen atoms in total. The lowest BCUT2D eigenvalue weighted by Gasteiger charge is -2.40. The monoisotopic (exact) mass is 614 g/mol. The summed E-state index contributed by atoms with van der Waals surface area (Å²) in [7, 11) is 0. The zero-order valence-corrected chi connectivity index (χ0v) is 26.4. The van der Waals surface area contributed by atoms with Crippen LogP contribution in [0.15, 0.2) is 58.7 Å². The van der Waals surface area contributed by atoms with Gasteiger partial charge in [-0.3, -0.25) is 14.7 Å². The molecule has 44 heavy (non-hydrogen) atoms. The number of pyridine rings is 1. The van der Waals surface area contributed by atoms with Crippen molar-refractivity contribution in [3.63, 3.8) is 0 Å². The summed E-state index contributed by atoms with van der Waals surface area (Å²) in [6.45, 7) is 14.6. The van der Waals surface area contributed by atoms with E-state index in [-0.39, 0.29) is 11.4 Å². The molecule has 230 valence electrons. The van der Waals surface area contributed by atoms with Crippen LogP contribution in [0.5, 0.6) is 5.75 Å². The number of halogens is 1. The summed E-state index contributed by atoms with van der Waals surface area (Å²) in [5.41, 5.74) is 3.59. The van der Waals surface area contributed by atoms with Gasteiger partial charge in [-0.05, 0) is 84.0 Å². The lowest BCUT2D eigenvalue weighted by molar-refractivity contribution is 0.0855. The first-order valence-corrected chi connectivity index (χ1v) is 15.4. The predicted molar refractivity (Wildman–Crippen MR) is 174 cm³/mol. The number of nitrogens with one attached hydrogen (secondary N) is 1. The Morgan fingerprint density at radius 3 is 2.70 bits per heavy atom. The van der Waals surface area contributed by atoms with E-state index in [4.69, 9.17) is 21.3 Å². The van der Waals surface area contributed by atoms with Gasteiger partial charge >= 0.3 is 0 Å². The number of hydrogen-bond donors (Lipinski definition) is 1. The molecular weight excluding hydrogens is 576 g/mol. The van der Waals surface area contributed by atoms with Crippen LogP contribution in [0, 0.1) is 18.3 Å². The van der Waals surface area contributed by atoms with E-state index in [1.165, 1.54) is 12.8 Å². The number of likely N-dealkylation sites (tertiary alicyclic amines) is 2. The lowest BCUT2D eigenvalue weighted by Crippen LogP contribution is -2.53. The van der Waals surface area contributed by atoms with E-state index in [0.717, 1.165) is 43.6 Å². The molecule has 5 rings (SSSR count). The molecule has 2 aliphatic rings. The van der Waals surface area contributed by atoms with Gasteiger partial charge in [0.25, 0.3) is 5.91 Å². The van der Waals surface area contributed by atoms with E-state index in [2.05, 4.69) is 44.9 Å². The fourth-order valence-corrected chi connectivity index (χ4v) is 6.20. The Labute approximate surface area is 263 Å². The number of benzene rings is 1. The zero-order valence-electron chi connectivity index (χ0n) is 25.6. The summed E-state index contributed by atoms with van der Waals surface area (Å²) in [5, 5.41) is 17.8. The SMILES string of the molecule is C=N/C(=C\N=C(C)c1cc(OCCN2CCCC2)cn2ncc(C#N)c12)N1CCC(C)(NC(=O)c2c(C)cccc2Cl)CC1. The number of aliphatic imine (C=N–C) groups is 2. The van der Waals surface area contributed by atoms with Crippen molar-refractivity contribution in [2.24, 2.45) is 9.98 Å². The molecule has 3 aromatic rings. The number of piperidine rings is 1. The van der Waals surface area contributed by atoms with E-state index < -0.39 is 0 Å². The molecule has 2 saturated heterocycles. The van der Waals surface area contributed by atoms with Crippen molar-refractivity contribution in [1.82, 2.24) is 24.7 Å². The normalized spacial score (nSPS) is 17.5. The first kappa shape index (κ1) is 31.2. The van der Waals surface area contributed by atoms with Gasteiger partial charge in [0.2, 0.25) is 0 Å². The van der Waals surface area contributed by atoms with Crippen LogP contribution in [0.1, 0.15) is 66.6 Å². The van der Waals surface area contributed by atoms with Crippen molar-refractivity contribution < 1.29 is 9.53 Å². The van der Waals surface area contributed by atoms with Crippen LogP contribution >= 0.6 is 11.6 Å². The van der Waals surface area contributed by atoms with Crippen LogP contribution in [-0.2, 0) is 0 Å². The highest BCUT2D eigenvalue weighted by Gasteiger charge is 2.33. The van der Waals surface area contributed by atoms with Crippen molar-refractivity contribution in [1.29, 1.82) is 5.26 Å². The highest BCUT2D eigenvalue weighted by Crippen LogP contribution is 2.28. The van der Waals surface area contributed by atoms with Gasteiger partial charge in [-0.2, -0.15) is 10.4 Å². The maximum atomic E-state index is 13.1. The maximum Gasteiger partial charge on any atom is 0.253 e. The summed E-state index contributed by atoms with van der Waals surface area (Å²) in [6.07, 6.45) is 8.98. The van der Waals surface area contributed by atoms with E-state index in [1.54, 1.807) is 29.2 Å². The lowest BCUT2D eigenvalue weighted by atomic mass is 9.89. The smallest absolute Gasteiger partial charge is 0.253 e. The second-order valence-corrected chi connectivity index (χ2v) is 12.2. The topological polar surface area (TPSA) is 111 Å². The Morgan fingerprint density at radius 1 is 1.27 bits per heavy atom. The molecule has 0 atom stereocenters. The van der Waals surface area contributed by atoms with Gasteiger partial charge in [-0.25, -0.2) is 9.51 Å². The Kier molecular flexibility index (Phi) is 9.67. The minimum atomic E-state index is -0.388. The number of aryl methyl sites for hydroxylation is 1. The molecule has 0 aliphatic carbocycles. The van der Waals surface area contributed by atoms with E-state index in [1.807, 2.05) is 32.0 Å². The molecule has 4 heterocycles. The number of nitriles is 1. The van der Waals surface area contributed by atoms with E-state index >= 15 is 0 Å². The number of nitrogens with zero attached hydrogens (tertiary/aromatic N) is 7. The number of carbonyl (C=O) groups excluding carboxylic acids is 1. The Hall–Kier alpha value is -4.20. The Balaban J connectivity index is 1.29. The molecule has 2 aliphatic heterocycles. The summed E-state index contributed by atoms with van der Waals surface area (Å²) in [6, 6.07) is 9.63. The highest BCUT2D eigenvalue weighted by atomic mass is 35.5. The van der Waals surface area contributed by atoms with E-state index in [9.17, 15) is 10.1 Å². The second-order valence-electron chi connectivity index (χ2n) is 11.7. The molecule has 0 radical (unpaired) electrons. The largest absolute Gasteiger partial charge is 0.491 e. The van der Waals surface area contributed by atoms with Crippen molar-refractivity contribution in [2.45, 2.75) is 52.0 Å². The molecule has 1 amide bonds. The molecule has 2 aromatic heterocycles. The summed E-state index contributed by atoms with van der Waals surface area (Å²) < 4.78 is 7.79. The number of amides is 1. The van der Waals surface area contributed by atoms with Gasteiger partial charge in [0, 0.05) is 36.4 Å². The maximum absolute atomic E-state index is 13.1. The summed E-state index contributed by atoms with van der Waals surface area (Å²) >= 11 is 6.34. The zero-order chi connectivity index (χ0) is 31.3. The predicted octanol–water partition coefficient (Wildman–Crippen LogP) is 5.24. The van der Waals surface area contributed by atoms with Crippen LogP contribution in [0.2, 0.25) is 5.02 Å². The van der Waals surface area contributed by atoms with Gasteiger partial charge in [0.1, 0.15) is 24.2 Å². The first-order chi connectivity index (χ1) is 21.2. The van der Waals surface area contributed by atoms with Gasteiger partial charge in [0.05, 0.1) is 40.3 Å². The molecule has 2 fully saturated rings. The molecule has 11 heteroatoms. The number of ether oxygens (including phenoxy) is 1. The number of rotatable bonds is 10. The van der Waals surface area contributed by atoms with Crippen molar-refractivity contribution >= 4 is 35.5 Å². The fraction of sp³-hybridized carbons (Fsp3) is 0.424. The minimum Gasteiger partial charge on any atom is -0.491 e. The fourth-order valence-electron chi connectivity index (χ4n) is 5.89. The van der Waals surface area contributed by atoms with Crippen molar-refractivity contribution in [3.05, 3.63) is 76.0 Å². The van der Waals surface area contributed by atoms with Crippen molar-refractivity contribution in [3.8, 4) is 11.8 Å². The molecule has 1 N–H and O–H groups in total. The molecule has 0 unspecified atom stereocenters. The van der Waals surface area contributed by atoms with Crippen LogP contribution in [0.4, 0.5) is 0 Å². The highest BCUT2D eigenvalue weighted by molar-refractivity contribution is 6.34.